The van der Waals surface area contributed by atoms with Crippen LogP contribution in [0.15, 0.2) is 42.9 Å². The minimum atomic E-state index is -3.30. The van der Waals surface area contributed by atoms with Gasteiger partial charge in [0.25, 0.3) is 0 Å². The number of hydrogen-bond acceptors (Lipinski definition) is 5. The highest BCUT2D eigenvalue weighted by molar-refractivity contribution is 7.92. The highest BCUT2D eigenvalue weighted by atomic mass is 32.2. The van der Waals surface area contributed by atoms with E-state index in [1.807, 2.05) is 19.1 Å². The van der Waals surface area contributed by atoms with Crippen LogP contribution in [0.3, 0.4) is 0 Å². The SMILES string of the molecule is CCCCS(=O)(=O)Nc1ccc(NCc2ccncc2)cn1. The number of anilines is 2. The highest BCUT2D eigenvalue weighted by Gasteiger charge is 2.10. The molecule has 0 saturated heterocycles. The number of pyridine rings is 2. The minimum Gasteiger partial charge on any atom is -0.380 e. The molecule has 0 aliphatic heterocycles. The molecular weight excluding hydrogens is 300 g/mol. The van der Waals surface area contributed by atoms with Gasteiger partial charge in [0.2, 0.25) is 10.0 Å². The molecule has 7 heteroatoms. The Labute approximate surface area is 131 Å². The van der Waals surface area contributed by atoms with Crippen molar-refractivity contribution in [1.82, 2.24) is 9.97 Å². The van der Waals surface area contributed by atoms with Gasteiger partial charge in [-0.05, 0) is 36.2 Å². The monoisotopic (exact) mass is 320 g/mol. The normalized spacial score (nSPS) is 11.1. The van der Waals surface area contributed by atoms with Crippen LogP contribution in [0.25, 0.3) is 0 Å². The summed E-state index contributed by atoms with van der Waals surface area (Å²) in [6, 6.07) is 7.30. The Kier molecular flexibility index (Phi) is 5.71. The Morgan fingerprint density at radius 3 is 2.55 bits per heavy atom. The van der Waals surface area contributed by atoms with Crippen LogP contribution < -0.4 is 10.0 Å². The molecule has 118 valence electrons. The van der Waals surface area contributed by atoms with Crippen LogP contribution in [0.1, 0.15) is 25.3 Å². The number of hydrogen-bond donors (Lipinski definition) is 2. The topological polar surface area (TPSA) is 84.0 Å². The Morgan fingerprint density at radius 1 is 1.14 bits per heavy atom. The summed E-state index contributed by atoms with van der Waals surface area (Å²) in [6.45, 7) is 2.61. The molecule has 0 atom stereocenters. The summed E-state index contributed by atoms with van der Waals surface area (Å²) in [5.74, 6) is 0.457. The lowest BCUT2D eigenvalue weighted by Crippen LogP contribution is -2.17. The third-order valence-electron chi connectivity index (χ3n) is 3.04. The van der Waals surface area contributed by atoms with Crippen molar-refractivity contribution >= 4 is 21.5 Å². The molecule has 2 heterocycles. The molecule has 6 nitrogen and oxygen atoms in total. The molecule has 2 rings (SSSR count). The lowest BCUT2D eigenvalue weighted by molar-refractivity contribution is 0.597. The summed E-state index contributed by atoms with van der Waals surface area (Å²) in [4.78, 5) is 8.08. The lowest BCUT2D eigenvalue weighted by atomic mass is 10.2. The van der Waals surface area contributed by atoms with Crippen molar-refractivity contribution in [1.29, 1.82) is 0 Å². The molecule has 2 aromatic heterocycles. The van der Waals surface area contributed by atoms with E-state index in [0.717, 1.165) is 17.7 Å². The van der Waals surface area contributed by atoms with Crippen molar-refractivity contribution in [3.05, 3.63) is 48.4 Å². The van der Waals surface area contributed by atoms with Gasteiger partial charge in [-0.15, -0.1) is 0 Å². The Balaban J connectivity index is 1.90. The summed E-state index contributed by atoms with van der Waals surface area (Å²) in [5.41, 5.74) is 1.94. The zero-order valence-corrected chi connectivity index (χ0v) is 13.3. The van der Waals surface area contributed by atoms with Gasteiger partial charge in [-0.25, -0.2) is 13.4 Å². The van der Waals surface area contributed by atoms with Crippen molar-refractivity contribution in [3.8, 4) is 0 Å². The van der Waals surface area contributed by atoms with E-state index in [-0.39, 0.29) is 5.75 Å². The van der Waals surface area contributed by atoms with Crippen LogP contribution in [-0.4, -0.2) is 24.1 Å². The Bertz CT molecular complexity index is 672. The molecule has 0 aromatic carbocycles. The standard InChI is InChI=1S/C15H20N4O2S/c1-2-3-10-22(20,21)19-15-5-4-14(12-18-15)17-11-13-6-8-16-9-7-13/h4-9,12,17H,2-3,10-11H2,1H3,(H,18,19). The van der Waals surface area contributed by atoms with Gasteiger partial charge in [0.1, 0.15) is 5.82 Å². The maximum Gasteiger partial charge on any atom is 0.233 e. The molecule has 0 aliphatic rings. The van der Waals surface area contributed by atoms with Crippen molar-refractivity contribution in [2.24, 2.45) is 0 Å². The van der Waals surface area contributed by atoms with E-state index in [9.17, 15) is 8.42 Å². The third-order valence-corrected chi connectivity index (χ3v) is 4.38. The fraction of sp³-hybridized carbons (Fsp3) is 0.333. The second-order valence-corrected chi connectivity index (χ2v) is 6.76. The van der Waals surface area contributed by atoms with Gasteiger partial charge in [0.05, 0.1) is 17.6 Å². The maximum absolute atomic E-state index is 11.8. The zero-order chi connectivity index (χ0) is 15.8. The summed E-state index contributed by atoms with van der Waals surface area (Å²) in [7, 11) is -3.30. The van der Waals surface area contributed by atoms with Gasteiger partial charge >= 0.3 is 0 Å². The third kappa shape index (κ3) is 5.33. The van der Waals surface area contributed by atoms with Crippen molar-refractivity contribution in [3.63, 3.8) is 0 Å². The van der Waals surface area contributed by atoms with E-state index < -0.39 is 10.0 Å². The number of aromatic nitrogens is 2. The van der Waals surface area contributed by atoms with E-state index in [0.29, 0.717) is 18.8 Å². The van der Waals surface area contributed by atoms with Gasteiger partial charge in [-0.3, -0.25) is 9.71 Å². The molecule has 22 heavy (non-hydrogen) atoms. The van der Waals surface area contributed by atoms with E-state index >= 15 is 0 Å². The molecule has 2 aromatic rings. The Hall–Kier alpha value is -2.15. The molecule has 0 bridgehead atoms. The van der Waals surface area contributed by atoms with Crippen LogP contribution in [0.2, 0.25) is 0 Å². The van der Waals surface area contributed by atoms with Crippen LogP contribution in [0, 0.1) is 0 Å². The van der Waals surface area contributed by atoms with Gasteiger partial charge in [0, 0.05) is 18.9 Å². The molecule has 2 N–H and O–H groups in total. The molecule has 0 fully saturated rings. The van der Waals surface area contributed by atoms with Crippen LogP contribution in [0.5, 0.6) is 0 Å². The van der Waals surface area contributed by atoms with Crippen molar-refractivity contribution in [2.75, 3.05) is 15.8 Å². The van der Waals surface area contributed by atoms with E-state index in [1.165, 1.54) is 0 Å². The van der Waals surface area contributed by atoms with Crippen molar-refractivity contribution in [2.45, 2.75) is 26.3 Å². The summed E-state index contributed by atoms with van der Waals surface area (Å²) in [5, 5.41) is 3.22. The predicted molar refractivity (Wildman–Crippen MR) is 88.1 cm³/mol. The molecule has 0 aliphatic carbocycles. The summed E-state index contributed by atoms with van der Waals surface area (Å²) < 4.78 is 26.0. The van der Waals surface area contributed by atoms with E-state index in [1.54, 1.807) is 30.7 Å². The van der Waals surface area contributed by atoms with Gasteiger partial charge in [-0.2, -0.15) is 0 Å². The number of sulfonamides is 1. The fourth-order valence-corrected chi connectivity index (χ4v) is 3.02. The molecule has 0 radical (unpaired) electrons. The van der Waals surface area contributed by atoms with E-state index in [4.69, 9.17) is 0 Å². The maximum atomic E-state index is 11.8. The summed E-state index contributed by atoms with van der Waals surface area (Å²) in [6.07, 6.45) is 6.57. The quantitative estimate of drug-likeness (QED) is 0.781. The molecular formula is C15H20N4O2S. The first kappa shape index (κ1) is 16.2. The average Bonchev–Trinajstić information content (AvgIpc) is 2.53. The molecule has 0 saturated carbocycles. The number of unbranched alkanes of at least 4 members (excludes halogenated alkanes) is 1. The van der Waals surface area contributed by atoms with Crippen LogP contribution in [-0.2, 0) is 16.6 Å². The number of nitrogens with zero attached hydrogens (tertiary/aromatic N) is 2. The second-order valence-electron chi connectivity index (χ2n) is 4.92. The van der Waals surface area contributed by atoms with Gasteiger partial charge < -0.3 is 5.32 Å². The van der Waals surface area contributed by atoms with E-state index in [2.05, 4.69) is 20.0 Å². The molecule has 0 unspecified atom stereocenters. The predicted octanol–water partition coefficient (Wildman–Crippen LogP) is 2.63. The fourth-order valence-electron chi connectivity index (χ4n) is 1.81. The van der Waals surface area contributed by atoms with Crippen molar-refractivity contribution < 1.29 is 8.42 Å². The molecule has 0 amide bonds. The number of nitrogens with one attached hydrogen (secondary N) is 2. The second kappa shape index (κ2) is 7.74. The van der Waals surface area contributed by atoms with Gasteiger partial charge in [-0.1, -0.05) is 13.3 Å². The average molecular weight is 320 g/mol. The molecule has 0 spiro atoms. The summed E-state index contributed by atoms with van der Waals surface area (Å²) >= 11 is 0. The first-order chi connectivity index (χ1) is 10.6. The smallest absolute Gasteiger partial charge is 0.233 e. The van der Waals surface area contributed by atoms with Crippen LogP contribution >= 0.6 is 0 Å². The zero-order valence-electron chi connectivity index (χ0n) is 12.5. The first-order valence-corrected chi connectivity index (χ1v) is 8.83. The van der Waals surface area contributed by atoms with Gasteiger partial charge in [0.15, 0.2) is 0 Å². The highest BCUT2D eigenvalue weighted by Crippen LogP contribution is 2.12. The van der Waals surface area contributed by atoms with Crippen LogP contribution in [0.4, 0.5) is 11.5 Å². The first-order valence-electron chi connectivity index (χ1n) is 7.18. The largest absolute Gasteiger partial charge is 0.380 e. The Morgan fingerprint density at radius 2 is 1.91 bits per heavy atom. The number of rotatable bonds is 8. The minimum absolute atomic E-state index is 0.118. The lowest BCUT2D eigenvalue weighted by Gasteiger charge is -2.09.